The number of carbonyl (C=O) groups excluding carboxylic acids is 2. The molecule has 1 aromatic heterocycles. The molecule has 2 rings (SSSR count). The zero-order valence-corrected chi connectivity index (χ0v) is 13.2. The number of pyridine rings is 1. The summed E-state index contributed by atoms with van der Waals surface area (Å²) in [7, 11) is 0. The van der Waals surface area contributed by atoms with Crippen molar-refractivity contribution in [2.75, 3.05) is 0 Å². The summed E-state index contributed by atoms with van der Waals surface area (Å²) in [5.41, 5.74) is 6.20. The molecule has 0 bridgehead atoms. The monoisotopic (exact) mass is 315 g/mol. The normalized spacial score (nSPS) is 11.5. The summed E-state index contributed by atoms with van der Waals surface area (Å²) in [6.07, 6.45) is 1.52. The zero-order chi connectivity index (χ0) is 15.9. The number of aryl methyl sites for hydroxylation is 1. The molecule has 0 spiro atoms. The highest BCUT2D eigenvalue weighted by molar-refractivity contribution is 8.00. The summed E-state index contributed by atoms with van der Waals surface area (Å²) in [6, 6.07) is 12.9. The molecule has 0 saturated heterocycles. The number of nitrogens with one attached hydrogen (secondary N) is 2. The number of amides is 2. The maximum absolute atomic E-state index is 12.0. The molecular weight excluding hydrogens is 298 g/mol. The van der Waals surface area contributed by atoms with Gasteiger partial charge in [0.15, 0.2) is 0 Å². The Morgan fingerprint density at radius 3 is 2.45 bits per heavy atom. The Morgan fingerprint density at radius 2 is 1.82 bits per heavy atom. The van der Waals surface area contributed by atoms with Gasteiger partial charge in [-0.3, -0.25) is 25.4 Å². The predicted molar refractivity (Wildman–Crippen MR) is 86.3 cm³/mol. The molecule has 2 N–H and O–H groups in total. The highest BCUT2D eigenvalue weighted by Crippen LogP contribution is 2.23. The number of aromatic nitrogens is 1. The third-order valence-electron chi connectivity index (χ3n) is 2.90. The lowest BCUT2D eigenvalue weighted by atomic mass is 10.2. The van der Waals surface area contributed by atoms with E-state index in [9.17, 15) is 9.59 Å². The largest absolute Gasteiger partial charge is 0.288 e. The van der Waals surface area contributed by atoms with Gasteiger partial charge in [-0.15, -0.1) is 11.8 Å². The van der Waals surface area contributed by atoms with Crippen molar-refractivity contribution < 1.29 is 9.59 Å². The first-order valence-corrected chi connectivity index (χ1v) is 7.69. The molecule has 0 radical (unpaired) electrons. The van der Waals surface area contributed by atoms with Gasteiger partial charge in [0.05, 0.1) is 5.25 Å². The van der Waals surface area contributed by atoms with Gasteiger partial charge in [0.1, 0.15) is 5.69 Å². The summed E-state index contributed by atoms with van der Waals surface area (Å²) in [5.74, 6) is -0.712. The van der Waals surface area contributed by atoms with Gasteiger partial charge < -0.3 is 0 Å². The number of thioether (sulfide) groups is 1. The van der Waals surface area contributed by atoms with E-state index in [2.05, 4.69) is 15.8 Å². The van der Waals surface area contributed by atoms with Gasteiger partial charge in [0.25, 0.3) is 11.8 Å². The fourth-order valence-corrected chi connectivity index (χ4v) is 2.52. The third-order valence-corrected chi connectivity index (χ3v) is 4.01. The van der Waals surface area contributed by atoms with Crippen molar-refractivity contribution in [2.24, 2.45) is 0 Å². The van der Waals surface area contributed by atoms with Gasteiger partial charge >= 0.3 is 0 Å². The Labute approximate surface area is 133 Å². The van der Waals surface area contributed by atoms with Gasteiger partial charge in [-0.1, -0.05) is 23.8 Å². The Kier molecular flexibility index (Phi) is 5.55. The highest BCUT2D eigenvalue weighted by atomic mass is 32.2. The van der Waals surface area contributed by atoms with Crippen LogP contribution in [0, 0.1) is 6.92 Å². The quantitative estimate of drug-likeness (QED) is 0.671. The van der Waals surface area contributed by atoms with Crippen LogP contribution in [-0.2, 0) is 4.79 Å². The average Bonchev–Trinajstić information content (AvgIpc) is 2.55. The van der Waals surface area contributed by atoms with Crippen LogP contribution < -0.4 is 10.9 Å². The number of rotatable bonds is 4. The van der Waals surface area contributed by atoms with Gasteiger partial charge in [-0.05, 0) is 38.1 Å². The van der Waals surface area contributed by atoms with E-state index < -0.39 is 5.91 Å². The van der Waals surface area contributed by atoms with Crippen LogP contribution in [0.1, 0.15) is 23.0 Å². The zero-order valence-electron chi connectivity index (χ0n) is 12.4. The maximum atomic E-state index is 12.0. The number of hydrogen-bond acceptors (Lipinski definition) is 4. The lowest BCUT2D eigenvalue weighted by Crippen LogP contribution is -2.45. The van der Waals surface area contributed by atoms with Crippen LogP contribution in [0.2, 0.25) is 0 Å². The molecule has 22 heavy (non-hydrogen) atoms. The SMILES string of the molecule is Cc1ccc(S[C@@H](C)C(=O)NNC(=O)c2ccccn2)cc1. The molecule has 1 atom stereocenters. The summed E-state index contributed by atoms with van der Waals surface area (Å²) >= 11 is 1.43. The van der Waals surface area contributed by atoms with Crippen molar-refractivity contribution in [3.63, 3.8) is 0 Å². The van der Waals surface area contributed by atoms with Gasteiger partial charge in [-0.25, -0.2) is 0 Å². The van der Waals surface area contributed by atoms with Crippen LogP contribution in [0.5, 0.6) is 0 Å². The van der Waals surface area contributed by atoms with Crippen LogP contribution in [0.15, 0.2) is 53.6 Å². The standard InChI is InChI=1S/C16H17N3O2S/c1-11-6-8-13(9-7-11)22-12(2)15(20)18-19-16(21)14-5-3-4-10-17-14/h3-10,12H,1-2H3,(H,18,20)(H,19,21)/t12-/m0/s1. The van der Waals surface area contributed by atoms with E-state index in [-0.39, 0.29) is 16.9 Å². The van der Waals surface area contributed by atoms with E-state index in [4.69, 9.17) is 0 Å². The lowest BCUT2D eigenvalue weighted by Gasteiger charge is -2.12. The Balaban J connectivity index is 1.84. The third kappa shape index (κ3) is 4.60. The fraction of sp³-hybridized carbons (Fsp3) is 0.188. The van der Waals surface area contributed by atoms with Crippen molar-refractivity contribution in [3.05, 3.63) is 59.9 Å². The predicted octanol–water partition coefficient (Wildman–Crippen LogP) is 2.33. The number of nitrogens with zero attached hydrogens (tertiary/aromatic N) is 1. The van der Waals surface area contributed by atoms with Crippen molar-refractivity contribution in [1.29, 1.82) is 0 Å². The van der Waals surface area contributed by atoms with Crippen LogP contribution in [0.3, 0.4) is 0 Å². The molecule has 0 saturated carbocycles. The number of carbonyl (C=O) groups is 2. The summed E-state index contributed by atoms with van der Waals surface area (Å²) in [6.45, 7) is 3.80. The molecule has 114 valence electrons. The second kappa shape index (κ2) is 7.61. The van der Waals surface area contributed by atoms with E-state index in [0.29, 0.717) is 0 Å². The Bertz CT molecular complexity index is 644. The Hall–Kier alpha value is -2.34. The van der Waals surface area contributed by atoms with Crippen LogP contribution in [-0.4, -0.2) is 22.0 Å². The minimum absolute atomic E-state index is 0.252. The highest BCUT2D eigenvalue weighted by Gasteiger charge is 2.15. The fourth-order valence-electron chi connectivity index (χ4n) is 1.66. The first-order valence-electron chi connectivity index (χ1n) is 6.81. The topological polar surface area (TPSA) is 71.1 Å². The first kappa shape index (κ1) is 16.0. The van der Waals surface area contributed by atoms with Crippen LogP contribution in [0.4, 0.5) is 0 Å². The second-order valence-electron chi connectivity index (χ2n) is 4.73. The summed E-state index contributed by atoms with van der Waals surface area (Å²) in [4.78, 5) is 28.7. The van der Waals surface area contributed by atoms with Crippen LogP contribution >= 0.6 is 11.8 Å². The second-order valence-corrected chi connectivity index (χ2v) is 6.15. The van der Waals surface area contributed by atoms with E-state index in [1.54, 1.807) is 25.1 Å². The van der Waals surface area contributed by atoms with E-state index >= 15 is 0 Å². The van der Waals surface area contributed by atoms with Crippen molar-refractivity contribution in [3.8, 4) is 0 Å². The molecule has 0 fully saturated rings. The molecule has 0 aliphatic rings. The smallest absolute Gasteiger partial charge is 0.272 e. The molecule has 0 aliphatic carbocycles. The molecule has 0 unspecified atom stereocenters. The van der Waals surface area contributed by atoms with E-state index in [1.165, 1.54) is 23.5 Å². The van der Waals surface area contributed by atoms with Crippen molar-refractivity contribution in [1.82, 2.24) is 15.8 Å². The molecule has 6 heteroatoms. The Morgan fingerprint density at radius 1 is 1.09 bits per heavy atom. The molecule has 5 nitrogen and oxygen atoms in total. The lowest BCUT2D eigenvalue weighted by molar-refractivity contribution is -0.121. The summed E-state index contributed by atoms with van der Waals surface area (Å²) < 4.78 is 0. The minimum Gasteiger partial charge on any atom is -0.272 e. The minimum atomic E-state index is -0.443. The van der Waals surface area contributed by atoms with Crippen molar-refractivity contribution in [2.45, 2.75) is 24.0 Å². The maximum Gasteiger partial charge on any atom is 0.288 e. The molecule has 2 aromatic rings. The molecule has 1 aromatic carbocycles. The van der Waals surface area contributed by atoms with Gasteiger partial charge in [-0.2, -0.15) is 0 Å². The summed E-state index contributed by atoms with van der Waals surface area (Å²) in [5, 5.41) is -0.327. The van der Waals surface area contributed by atoms with Gasteiger partial charge in [0.2, 0.25) is 0 Å². The number of hydrazine groups is 1. The first-order chi connectivity index (χ1) is 10.6. The van der Waals surface area contributed by atoms with Gasteiger partial charge in [0, 0.05) is 11.1 Å². The average molecular weight is 315 g/mol. The van der Waals surface area contributed by atoms with Crippen LogP contribution in [0.25, 0.3) is 0 Å². The molecule has 2 amide bonds. The van der Waals surface area contributed by atoms with Crippen molar-refractivity contribution >= 4 is 23.6 Å². The molecule has 0 aliphatic heterocycles. The number of benzene rings is 1. The van der Waals surface area contributed by atoms with E-state index in [0.717, 1.165) is 4.90 Å². The molecule has 1 heterocycles. The van der Waals surface area contributed by atoms with E-state index in [1.807, 2.05) is 31.2 Å². The molecular formula is C16H17N3O2S. The number of hydrogen-bond donors (Lipinski definition) is 2.